The summed E-state index contributed by atoms with van der Waals surface area (Å²) in [5, 5.41) is 11.7. The zero-order valence-corrected chi connectivity index (χ0v) is 10.8. The lowest BCUT2D eigenvalue weighted by Gasteiger charge is -2.11. The number of nitrogens with two attached hydrogens (primary N) is 1. The van der Waals surface area contributed by atoms with Crippen LogP contribution in [0.4, 0.5) is 0 Å². The van der Waals surface area contributed by atoms with Gasteiger partial charge in [0.15, 0.2) is 0 Å². The molecule has 5 heteroatoms. The molecule has 0 aliphatic rings. The van der Waals surface area contributed by atoms with E-state index in [1.54, 1.807) is 0 Å². The molecule has 1 unspecified atom stereocenters. The normalized spacial score (nSPS) is 12.2. The van der Waals surface area contributed by atoms with Gasteiger partial charge in [-0.05, 0) is 31.0 Å². The lowest BCUT2D eigenvalue weighted by molar-refractivity contribution is -0.138. The fraction of sp³-hybridized carbons (Fsp3) is 0.462. The van der Waals surface area contributed by atoms with Gasteiger partial charge in [0.25, 0.3) is 0 Å². The van der Waals surface area contributed by atoms with Gasteiger partial charge in [-0.25, -0.2) is 0 Å². The van der Waals surface area contributed by atoms with E-state index in [4.69, 9.17) is 15.6 Å². The second-order valence-corrected chi connectivity index (χ2v) is 4.11. The van der Waals surface area contributed by atoms with Gasteiger partial charge in [-0.2, -0.15) is 0 Å². The van der Waals surface area contributed by atoms with Gasteiger partial charge in [0.2, 0.25) is 0 Å². The molecule has 18 heavy (non-hydrogen) atoms. The van der Waals surface area contributed by atoms with Crippen LogP contribution in [0.2, 0.25) is 0 Å². The van der Waals surface area contributed by atoms with Crippen LogP contribution in [0.5, 0.6) is 5.75 Å². The Morgan fingerprint density at radius 1 is 1.56 bits per heavy atom. The van der Waals surface area contributed by atoms with Crippen molar-refractivity contribution in [3.8, 4) is 5.75 Å². The Kier molecular flexibility index (Phi) is 5.61. The number of carboxylic acid groups (broad SMARTS) is 1. The number of carbonyl (C=O) groups is 1. The van der Waals surface area contributed by atoms with Crippen LogP contribution in [0, 0.1) is 6.92 Å². The zero-order chi connectivity index (χ0) is 13.5. The highest BCUT2D eigenvalue weighted by molar-refractivity contribution is 5.73. The Bertz CT molecular complexity index is 407. The van der Waals surface area contributed by atoms with Crippen molar-refractivity contribution in [1.29, 1.82) is 0 Å². The maximum atomic E-state index is 10.5. The number of aryl methyl sites for hydroxylation is 1. The molecule has 1 aromatic carbocycles. The third kappa shape index (κ3) is 4.35. The summed E-state index contributed by atoms with van der Waals surface area (Å²) in [5.41, 5.74) is 7.54. The van der Waals surface area contributed by atoms with Crippen molar-refractivity contribution in [2.75, 3.05) is 13.2 Å². The lowest BCUT2D eigenvalue weighted by atomic mass is 10.1. The average molecular weight is 252 g/mol. The molecule has 1 atom stereocenters. The van der Waals surface area contributed by atoms with E-state index in [1.165, 1.54) is 0 Å². The number of ether oxygens (including phenoxy) is 1. The van der Waals surface area contributed by atoms with Gasteiger partial charge >= 0.3 is 5.97 Å². The van der Waals surface area contributed by atoms with Gasteiger partial charge < -0.3 is 20.9 Å². The first-order valence-electron chi connectivity index (χ1n) is 5.96. The molecule has 100 valence electrons. The topological polar surface area (TPSA) is 84.6 Å². The van der Waals surface area contributed by atoms with Crippen LogP contribution in [-0.4, -0.2) is 30.3 Å². The fourth-order valence-electron chi connectivity index (χ4n) is 1.60. The highest BCUT2D eigenvalue weighted by atomic mass is 16.5. The van der Waals surface area contributed by atoms with Crippen molar-refractivity contribution in [3.63, 3.8) is 0 Å². The van der Waals surface area contributed by atoms with Crippen LogP contribution in [0.1, 0.15) is 18.1 Å². The highest BCUT2D eigenvalue weighted by Gasteiger charge is 2.10. The van der Waals surface area contributed by atoms with Crippen molar-refractivity contribution in [2.24, 2.45) is 5.73 Å². The fourth-order valence-corrected chi connectivity index (χ4v) is 1.60. The number of nitrogens with one attached hydrogen (secondary N) is 1. The lowest BCUT2D eigenvalue weighted by Crippen LogP contribution is -2.40. The minimum Gasteiger partial charge on any atom is -0.494 e. The molecule has 0 aliphatic carbocycles. The quantitative estimate of drug-likeness (QED) is 0.671. The summed E-state index contributed by atoms with van der Waals surface area (Å²) in [6.45, 7) is 5.42. The van der Waals surface area contributed by atoms with Crippen LogP contribution in [-0.2, 0) is 11.3 Å². The Morgan fingerprint density at radius 3 is 2.83 bits per heavy atom. The SMILES string of the molecule is CCOc1ccc(CNCC(N)C(=O)O)cc1C. The summed E-state index contributed by atoms with van der Waals surface area (Å²) >= 11 is 0. The molecule has 0 spiro atoms. The van der Waals surface area contributed by atoms with Crippen LogP contribution in [0.25, 0.3) is 0 Å². The molecule has 0 fully saturated rings. The maximum Gasteiger partial charge on any atom is 0.321 e. The van der Waals surface area contributed by atoms with Crippen molar-refractivity contribution < 1.29 is 14.6 Å². The van der Waals surface area contributed by atoms with E-state index >= 15 is 0 Å². The van der Waals surface area contributed by atoms with Gasteiger partial charge in [-0.1, -0.05) is 12.1 Å². The minimum absolute atomic E-state index is 0.252. The number of aliphatic carboxylic acids is 1. The van der Waals surface area contributed by atoms with E-state index in [2.05, 4.69) is 5.32 Å². The number of carboxylic acids is 1. The summed E-state index contributed by atoms with van der Waals surface area (Å²) in [6, 6.07) is 5.03. The zero-order valence-electron chi connectivity index (χ0n) is 10.8. The highest BCUT2D eigenvalue weighted by Crippen LogP contribution is 2.18. The maximum absolute atomic E-state index is 10.5. The molecule has 5 nitrogen and oxygen atoms in total. The van der Waals surface area contributed by atoms with Crippen LogP contribution in [0.3, 0.4) is 0 Å². The molecule has 0 amide bonds. The van der Waals surface area contributed by atoms with Crippen LogP contribution < -0.4 is 15.8 Å². The Morgan fingerprint density at radius 2 is 2.28 bits per heavy atom. The molecule has 1 rings (SSSR count). The summed E-state index contributed by atoms with van der Waals surface area (Å²) in [5.74, 6) is -0.117. The predicted octanol–water partition coefficient (Wildman–Crippen LogP) is 0.895. The standard InChI is InChI=1S/C13H20N2O3/c1-3-18-12-5-4-10(6-9(12)2)7-15-8-11(14)13(16)17/h4-6,11,15H,3,7-8,14H2,1-2H3,(H,16,17). The molecule has 0 aliphatic heterocycles. The minimum atomic E-state index is -0.995. The van der Waals surface area contributed by atoms with Gasteiger partial charge in [-0.3, -0.25) is 4.79 Å². The van der Waals surface area contributed by atoms with Crippen LogP contribution >= 0.6 is 0 Å². The first-order chi connectivity index (χ1) is 8.54. The summed E-state index contributed by atoms with van der Waals surface area (Å²) < 4.78 is 5.45. The van der Waals surface area contributed by atoms with Crippen molar-refractivity contribution in [3.05, 3.63) is 29.3 Å². The molecule has 0 saturated heterocycles. The molecule has 0 aromatic heterocycles. The van der Waals surface area contributed by atoms with Crippen molar-refractivity contribution >= 4 is 5.97 Å². The Hall–Kier alpha value is -1.59. The van der Waals surface area contributed by atoms with Gasteiger partial charge in [-0.15, -0.1) is 0 Å². The predicted molar refractivity (Wildman–Crippen MR) is 69.7 cm³/mol. The van der Waals surface area contributed by atoms with E-state index in [9.17, 15) is 4.79 Å². The summed E-state index contributed by atoms with van der Waals surface area (Å²) in [4.78, 5) is 10.5. The molecule has 1 aromatic rings. The van der Waals surface area contributed by atoms with Gasteiger partial charge in [0, 0.05) is 13.1 Å². The summed E-state index contributed by atoms with van der Waals surface area (Å²) in [7, 11) is 0. The van der Waals surface area contributed by atoms with E-state index in [0.29, 0.717) is 13.2 Å². The van der Waals surface area contributed by atoms with Gasteiger partial charge in [0.05, 0.1) is 6.61 Å². The van der Waals surface area contributed by atoms with E-state index < -0.39 is 12.0 Å². The average Bonchev–Trinajstić information content (AvgIpc) is 2.32. The number of benzene rings is 1. The van der Waals surface area contributed by atoms with Gasteiger partial charge in [0.1, 0.15) is 11.8 Å². The van der Waals surface area contributed by atoms with Crippen LogP contribution in [0.15, 0.2) is 18.2 Å². The number of hydrogen-bond acceptors (Lipinski definition) is 4. The third-order valence-corrected chi connectivity index (χ3v) is 2.55. The largest absolute Gasteiger partial charge is 0.494 e. The molecule has 0 bridgehead atoms. The molecular weight excluding hydrogens is 232 g/mol. The second kappa shape index (κ2) is 6.98. The van der Waals surface area contributed by atoms with E-state index in [1.807, 2.05) is 32.0 Å². The first kappa shape index (κ1) is 14.5. The molecular formula is C13H20N2O3. The monoisotopic (exact) mass is 252 g/mol. The molecule has 0 radical (unpaired) electrons. The number of rotatable bonds is 7. The molecule has 0 heterocycles. The van der Waals surface area contributed by atoms with E-state index in [-0.39, 0.29) is 6.54 Å². The molecule has 4 N–H and O–H groups in total. The smallest absolute Gasteiger partial charge is 0.321 e. The first-order valence-corrected chi connectivity index (χ1v) is 5.96. The molecule has 0 saturated carbocycles. The van der Waals surface area contributed by atoms with Crippen molar-refractivity contribution in [2.45, 2.75) is 26.4 Å². The third-order valence-electron chi connectivity index (χ3n) is 2.55. The second-order valence-electron chi connectivity index (χ2n) is 4.11. The summed E-state index contributed by atoms with van der Waals surface area (Å²) in [6.07, 6.45) is 0. The van der Waals surface area contributed by atoms with Crippen molar-refractivity contribution in [1.82, 2.24) is 5.32 Å². The van der Waals surface area contributed by atoms with E-state index in [0.717, 1.165) is 16.9 Å². The number of hydrogen-bond donors (Lipinski definition) is 3. The Labute approximate surface area is 107 Å². The Balaban J connectivity index is 2.48.